The number of hydrogen-bond donors (Lipinski definition) is 1. The van der Waals surface area contributed by atoms with Gasteiger partial charge in [-0.3, -0.25) is 4.79 Å². The molecule has 96 valence electrons. The second-order valence-corrected chi connectivity index (χ2v) is 5.87. The van der Waals surface area contributed by atoms with Crippen LogP contribution in [0.15, 0.2) is 59.5 Å². The number of thioether (sulfide) groups is 1. The predicted molar refractivity (Wildman–Crippen MR) is 78.1 cm³/mol. The lowest BCUT2D eigenvalue weighted by atomic mass is 10.1. The Kier molecular flexibility index (Phi) is 3.56. The molecule has 0 bridgehead atoms. The zero-order valence-corrected chi connectivity index (χ0v) is 11.3. The molecule has 0 saturated heterocycles. The highest BCUT2D eigenvalue weighted by Crippen LogP contribution is 2.36. The van der Waals surface area contributed by atoms with E-state index in [0.29, 0.717) is 6.54 Å². The molecular formula is C16H15NOS. The molecule has 0 aliphatic carbocycles. The Bertz CT molecular complexity index is 557. The molecule has 1 aliphatic rings. The van der Waals surface area contributed by atoms with Gasteiger partial charge in [0.15, 0.2) is 0 Å². The first kappa shape index (κ1) is 12.3. The van der Waals surface area contributed by atoms with Crippen molar-refractivity contribution in [3.63, 3.8) is 0 Å². The van der Waals surface area contributed by atoms with Gasteiger partial charge in [0.1, 0.15) is 0 Å². The van der Waals surface area contributed by atoms with Gasteiger partial charge in [0.2, 0.25) is 5.91 Å². The Labute approximate surface area is 117 Å². The van der Waals surface area contributed by atoms with E-state index < -0.39 is 0 Å². The van der Waals surface area contributed by atoms with Gasteiger partial charge in [-0.15, -0.1) is 11.8 Å². The van der Waals surface area contributed by atoms with Crippen LogP contribution in [-0.4, -0.2) is 11.2 Å². The number of rotatable bonds is 3. The van der Waals surface area contributed by atoms with Gasteiger partial charge in [0, 0.05) is 11.4 Å². The minimum absolute atomic E-state index is 0.0149. The topological polar surface area (TPSA) is 29.1 Å². The summed E-state index contributed by atoms with van der Waals surface area (Å²) in [6, 6.07) is 18.3. The summed E-state index contributed by atoms with van der Waals surface area (Å²) >= 11 is 1.67. The van der Waals surface area contributed by atoms with Crippen molar-refractivity contribution in [1.82, 2.24) is 5.32 Å². The summed E-state index contributed by atoms with van der Waals surface area (Å²) < 4.78 is 0. The van der Waals surface area contributed by atoms with Crippen LogP contribution in [0.1, 0.15) is 11.1 Å². The lowest BCUT2D eigenvalue weighted by molar-refractivity contribution is -0.120. The SMILES string of the molecule is O=C(NCc1ccccc1)[C@@H]1Cc2ccccc2S1. The van der Waals surface area contributed by atoms with Crippen LogP contribution >= 0.6 is 11.8 Å². The van der Waals surface area contributed by atoms with Crippen LogP contribution < -0.4 is 5.32 Å². The average molecular weight is 269 g/mol. The molecule has 1 atom stereocenters. The standard InChI is InChI=1S/C16H15NOS/c18-16(17-11-12-6-2-1-3-7-12)15-10-13-8-4-5-9-14(13)19-15/h1-9,15H,10-11H2,(H,17,18)/t15-/m0/s1. The molecule has 0 radical (unpaired) electrons. The lowest BCUT2D eigenvalue weighted by Crippen LogP contribution is -2.31. The van der Waals surface area contributed by atoms with Crippen molar-refractivity contribution >= 4 is 17.7 Å². The highest BCUT2D eigenvalue weighted by Gasteiger charge is 2.27. The van der Waals surface area contributed by atoms with E-state index in [1.807, 2.05) is 42.5 Å². The van der Waals surface area contributed by atoms with E-state index in [4.69, 9.17) is 0 Å². The number of hydrogen-bond acceptors (Lipinski definition) is 2. The number of benzene rings is 2. The molecule has 1 N–H and O–H groups in total. The monoisotopic (exact) mass is 269 g/mol. The highest BCUT2D eigenvalue weighted by molar-refractivity contribution is 8.01. The molecule has 0 saturated carbocycles. The summed E-state index contributed by atoms with van der Waals surface area (Å²) in [5, 5.41) is 3.03. The van der Waals surface area contributed by atoms with E-state index in [9.17, 15) is 4.79 Å². The third kappa shape index (κ3) is 2.82. The van der Waals surface area contributed by atoms with Gasteiger partial charge < -0.3 is 5.32 Å². The van der Waals surface area contributed by atoms with Crippen LogP contribution in [-0.2, 0) is 17.8 Å². The van der Waals surface area contributed by atoms with Crippen molar-refractivity contribution in [2.75, 3.05) is 0 Å². The molecule has 2 nitrogen and oxygen atoms in total. The van der Waals surface area contributed by atoms with Crippen molar-refractivity contribution in [3.8, 4) is 0 Å². The van der Waals surface area contributed by atoms with E-state index in [-0.39, 0.29) is 11.2 Å². The van der Waals surface area contributed by atoms with E-state index in [1.54, 1.807) is 11.8 Å². The summed E-state index contributed by atoms with van der Waals surface area (Å²) in [4.78, 5) is 13.4. The van der Waals surface area contributed by atoms with Crippen LogP contribution in [0, 0.1) is 0 Å². The zero-order chi connectivity index (χ0) is 13.1. The molecular weight excluding hydrogens is 254 g/mol. The van der Waals surface area contributed by atoms with E-state index in [1.165, 1.54) is 10.5 Å². The molecule has 3 heteroatoms. The van der Waals surface area contributed by atoms with E-state index >= 15 is 0 Å². The second kappa shape index (κ2) is 5.49. The maximum absolute atomic E-state index is 12.2. The molecule has 0 fully saturated rings. The van der Waals surface area contributed by atoms with Gasteiger partial charge in [-0.1, -0.05) is 48.5 Å². The maximum atomic E-state index is 12.2. The predicted octanol–water partition coefficient (Wildman–Crippen LogP) is 3.02. The van der Waals surface area contributed by atoms with Gasteiger partial charge in [0.05, 0.1) is 5.25 Å². The molecule has 0 unspecified atom stereocenters. The van der Waals surface area contributed by atoms with Crippen LogP contribution in [0.3, 0.4) is 0 Å². The largest absolute Gasteiger partial charge is 0.351 e. The Balaban J connectivity index is 1.58. The summed E-state index contributed by atoms with van der Waals surface area (Å²) in [5.74, 6) is 0.130. The molecule has 1 heterocycles. The van der Waals surface area contributed by atoms with Crippen LogP contribution in [0.4, 0.5) is 0 Å². The van der Waals surface area contributed by atoms with Crippen LogP contribution in [0.2, 0.25) is 0 Å². The Morgan fingerprint density at radius 3 is 2.63 bits per heavy atom. The highest BCUT2D eigenvalue weighted by atomic mass is 32.2. The first-order valence-corrected chi connectivity index (χ1v) is 7.27. The van der Waals surface area contributed by atoms with Crippen molar-refractivity contribution in [3.05, 3.63) is 65.7 Å². The Morgan fingerprint density at radius 2 is 1.84 bits per heavy atom. The number of carbonyl (C=O) groups excluding carboxylic acids is 1. The average Bonchev–Trinajstić information content (AvgIpc) is 2.90. The van der Waals surface area contributed by atoms with Gasteiger partial charge >= 0.3 is 0 Å². The Hall–Kier alpha value is -1.74. The van der Waals surface area contributed by atoms with Crippen LogP contribution in [0.25, 0.3) is 0 Å². The van der Waals surface area contributed by atoms with Gasteiger partial charge in [-0.2, -0.15) is 0 Å². The molecule has 2 aromatic rings. The van der Waals surface area contributed by atoms with Gasteiger partial charge in [-0.25, -0.2) is 0 Å². The lowest BCUT2D eigenvalue weighted by Gasteiger charge is -2.09. The van der Waals surface area contributed by atoms with Crippen molar-refractivity contribution in [1.29, 1.82) is 0 Å². The van der Waals surface area contributed by atoms with E-state index in [0.717, 1.165) is 12.0 Å². The van der Waals surface area contributed by atoms with Gasteiger partial charge in [-0.05, 0) is 23.6 Å². The first-order valence-electron chi connectivity index (χ1n) is 6.39. The summed E-state index contributed by atoms with van der Waals surface area (Å²) in [6.07, 6.45) is 0.835. The minimum Gasteiger partial charge on any atom is -0.351 e. The molecule has 2 aromatic carbocycles. The van der Waals surface area contributed by atoms with Crippen molar-refractivity contribution < 1.29 is 4.79 Å². The van der Waals surface area contributed by atoms with Crippen LogP contribution in [0.5, 0.6) is 0 Å². The number of amides is 1. The fourth-order valence-corrected chi connectivity index (χ4v) is 3.45. The third-order valence-corrected chi connectivity index (χ3v) is 4.57. The smallest absolute Gasteiger partial charge is 0.234 e. The number of carbonyl (C=O) groups is 1. The molecule has 3 rings (SSSR count). The third-order valence-electron chi connectivity index (χ3n) is 3.25. The fraction of sp³-hybridized carbons (Fsp3) is 0.188. The zero-order valence-electron chi connectivity index (χ0n) is 10.5. The van der Waals surface area contributed by atoms with Crippen molar-refractivity contribution in [2.24, 2.45) is 0 Å². The number of nitrogens with one attached hydrogen (secondary N) is 1. The fourth-order valence-electron chi connectivity index (χ4n) is 2.23. The number of fused-ring (bicyclic) bond motifs is 1. The summed E-state index contributed by atoms with van der Waals surface area (Å²) in [5.41, 5.74) is 2.42. The normalized spacial score (nSPS) is 16.9. The van der Waals surface area contributed by atoms with Gasteiger partial charge in [0.25, 0.3) is 0 Å². The maximum Gasteiger partial charge on any atom is 0.234 e. The molecule has 1 amide bonds. The molecule has 0 spiro atoms. The summed E-state index contributed by atoms with van der Waals surface area (Å²) in [6.45, 7) is 0.604. The first-order chi connectivity index (χ1) is 9.33. The van der Waals surface area contributed by atoms with E-state index in [2.05, 4.69) is 17.4 Å². The molecule has 0 aromatic heterocycles. The second-order valence-electron chi connectivity index (χ2n) is 4.62. The Morgan fingerprint density at radius 1 is 1.11 bits per heavy atom. The summed E-state index contributed by atoms with van der Waals surface area (Å²) in [7, 11) is 0. The molecule has 19 heavy (non-hydrogen) atoms. The minimum atomic E-state index is 0.0149. The molecule has 1 aliphatic heterocycles. The van der Waals surface area contributed by atoms with Crippen molar-refractivity contribution in [2.45, 2.75) is 23.1 Å². The quantitative estimate of drug-likeness (QED) is 0.928.